The van der Waals surface area contributed by atoms with E-state index in [1.807, 2.05) is 6.92 Å². The highest BCUT2D eigenvalue weighted by atomic mass is 28.4. The zero-order chi connectivity index (χ0) is 20.5. The Labute approximate surface area is 157 Å². The molecule has 0 radical (unpaired) electrons. The number of β-lactam (4-membered cyclic amide) rings is 1. The number of carbonyl (C=O) groups excluding carboxylic acids is 3. The number of ketones is 1. The van der Waals surface area contributed by atoms with Crippen LogP contribution in [-0.2, 0) is 23.5 Å². The van der Waals surface area contributed by atoms with E-state index in [4.69, 9.17) is 9.16 Å². The van der Waals surface area contributed by atoms with Gasteiger partial charge in [0.25, 0.3) is 0 Å². The first kappa shape index (κ1) is 22.6. The number of ether oxygens (including phenoxy) is 1. The Kier molecular flexibility index (Phi) is 6.63. The molecule has 0 aliphatic carbocycles. The van der Waals surface area contributed by atoms with Crippen molar-refractivity contribution in [1.29, 1.82) is 0 Å². The molecule has 1 unspecified atom stereocenters. The summed E-state index contributed by atoms with van der Waals surface area (Å²) >= 11 is 0. The minimum Gasteiger partial charge on any atom is -0.461 e. The van der Waals surface area contributed by atoms with Gasteiger partial charge in [-0.2, -0.15) is 0 Å². The van der Waals surface area contributed by atoms with Gasteiger partial charge in [-0.05, 0) is 38.9 Å². The molecule has 1 saturated heterocycles. The van der Waals surface area contributed by atoms with Crippen molar-refractivity contribution in [2.75, 3.05) is 6.61 Å². The minimum atomic E-state index is -2.10. The summed E-state index contributed by atoms with van der Waals surface area (Å²) in [4.78, 5) is 37.1. The molecule has 26 heavy (non-hydrogen) atoms. The summed E-state index contributed by atoms with van der Waals surface area (Å²) in [5, 5.41) is 2.72. The van der Waals surface area contributed by atoms with Crippen LogP contribution in [0.2, 0.25) is 18.1 Å². The Morgan fingerprint density at radius 2 is 1.85 bits per heavy atom. The lowest BCUT2D eigenvalue weighted by Crippen LogP contribution is -2.72. The molecule has 0 bridgehead atoms. The van der Waals surface area contributed by atoms with Gasteiger partial charge in [-0.15, -0.1) is 0 Å². The Morgan fingerprint density at radius 1 is 1.31 bits per heavy atom. The van der Waals surface area contributed by atoms with E-state index in [0.29, 0.717) is 0 Å². The summed E-state index contributed by atoms with van der Waals surface area (Å²) in [7, 11) is -2.10. The van der Waals surface area contributed by atoms with E-state index in [1.54, 1.807) is 0 Å². The first-order chi connectivity index (χ1) is 11.7. The second-order valence-corrected chi connectivity index (χ2v) is 13.5. The lowest BCUT2D eigenvalue weighted by Gasteiger charge is -2.49. The fourth-order valence-corrected chi connectivity index (χ4v) is 4.30. The Morgan fingerprint density at radius 3 is 2.23 bits per heavy atom. The molecule has 0 aromatic carbocycles. The summed E-state index contributed by atoms with van der Waals surface area (Å²) in [6.07, 6.45) is 1.04. The van der Waals surface area contributed by atoms with Crippen molar-refractivity contribution >= 4 is 26.0 Å². The molecular weight excluding hydrogens is 350 g/mol. The third-order valence-corrected chi connectivity index (χ3v) is 10.4. The molecule has 0 aromatic rings. The van der Waals surface area contributed by atoms with Crippen LogP contribution in [0.1, 0.15) is 41.5 Å². The standard InChI is InChI=1S/C19H33NO5Si/c1-10-11-24-17(23)19(7,13(3)21)15-14(16(22)20-15)12(2)25-26(8,9)18(4,5)6/h10,12,14-15H,1,11H2,2-9H3,(H,20,22)/t12-,14-,15+,19?/m1/s1. The maximum Gasteiger partial charge on any atom is 0.321 e. The number of esters is 1. The summed E-state index contributed by atoms with van der Waals surface area (Å²) in [6, 6.07) is -0.649. The predicted molar refractivity (Wildman–Crippen MR) is 103 cm³/mol. The van der Waals surface area contributed by atoms with Gasteiger partial charge in [0.1, 0.15) is 17.8 Å². The van der Waals surface area contributed by atoms with Crippen LogP contribution >= 0.6 is 0 Å². The fourth-order valence-electron chi connectivity index (χ4n) is 2.87. The normalized spacial score (nSPS) is 23.9. The maximum atomic E-state index is 12.5. The quantitative estimate of drug-likeness (QED) is 0.229. The third kappa shape index (κ3) is 4.09. The van der Waals surface area contributed by atoms with Crippen LogP contribution in [0.4, 0.5) is 0 Å². The average Bonchev–Trinajstić information content (AvgIpc) is 2.47. The molecular formula is C19H33NO5Si. The summed E-state index contributed by atoms with van der Waals surface area (Å²) in [5.74, 6) is -1.78. The zero-order valence-corrected chi connectivity index (χ0v) is 18.3. The van der Waals surface area contributed by atoms with Crippen LogP contribution in [0.15, 0.2) is 12.7 Å². The van der Waals surface area contributed by atoms with Gasteiger partial charge in [0.2, 0.25) is 5.91 Å². The van der Waals surface area contributed by atoms with Gasteiger partial charge in [-0.3, -0.25) is 14.4 Å². The van der Waals surface area contributed by atoms with Gasteiger partial charge in [-0.25, -0.2) is 0 Å². The largest absolute Gasteiger partial charge is 0.461 e. The minimum absolute atomic E-state index is 0.0102. The van der Waals surface area contributed by atoms with Gasteiger partial charge in [0, 0.05) is 0 Å². The lowest BCUT2D eigenvalue weighted by molar-refractivity contribution is -0.168. The Bertz CT molecular complexity index is 595. The number of hydrogen-bond donors (Lipinski definition) is 1. The van der Waals surface area contributed by atoms with E-state index < -0.39 is 37.8 Å². The smallest absolute Gasteiger partial charge is 0.321 e. The van der Waals surface area contributed by atoms with Crippen LogP contribution in [0.3, 0.4) is 0 Å². The highest BCUT2D eigenvalue weighted by Gasteiger charge is 2.60. The number of nitrogens with one attached hydrogen (secondary N) is 1. The molecule has 148 valence electrons. The number of amides is 1. The van der Waals surface area contributed by atoms with Crippen molar-refractivity contribution in [1.82, 2.24) is 5.32 Å². The second kappa shape index (κ2) is 7.64. The monoisotopic (exact) mass is 383 g/mol. The van der Waals surface area contributed by atoms with Gasteiger partial charge in [0.15, 0.2) is 8.32 Å². The van der Waals surface area contributed by atoms with Gasteiger partial charge in [0.05, 0.1) is 18.1 Å². The van der Waals surface area contributed by atoms with Gasteiger partial charge in [-0.1, -0.05) is 33.4 Å². The SMILES string of the molecule is C=CCOC(=O)C(C)(C(C)=O)[C@H]1NC(=O)[C@@H]1[C@@H](C)O[Si](C)(C)C(C)(C)C. The summed E-state index contributed by atoms with van der Waals surface area (Å²) < 4.78 is 11.5. The van der Waals surface area contributed by atoms with Crippen molar-refractivity contribution in [3.63, 3.8) is 0 Å². The molecule has 1 N–H and O–H groups in total. The van der Waals surface area contributed by atoms with Crippen LogP contribution < -0.4 is 5.32 Å². The average molecular weight is 384 g/mol. The molecule has 4 atom stereocenters. The Balaban J connectivity index is 3.09. The molecule has 1 amide bonds. The topological polar surface area (TPSA) is 81.7 Å². The fraction of sp³-hybridized carbons (Fsp3) is 0.737. The second-order valence-electron chi connectivity index (χ2n) is 8.74. The van der Waals surface area contributed by atoms with Crippen LogP contribution in [0.5, 0.6) is 0 Å². The van der Waals surface area contributed by atoms with E-state index in [9.17, 15) is 14.4 Å². The number of hydrogen-bond acceptors (Lipinski definition) is 5. The molecule has 0 saturated carbocycles. The van der Waals surface area contributed by atoms with Crippen molar-refractivity contribution < 1.29 is 23.5 Å². The molecule has 7 heteroatoms. The molecule has 6 nitrogen and oxygen atoms in total. The van der Waals surface area contributed by atoms with E-state index in [-0.39, 0.29) is 23.3 Å². The maximum absolute atomic E-state index is 12.5. The van der Waals surface area contributed by atoms with Crippen LogP contribution in [0, 0.1) is 11.3 Å². The molecule has 1 fully saturated rings. The van der Waals surface area contributed by atoms with E-state index in [2.05, 4.69) is 45.8 Å². The van der Waals surface area contributed by atoms with Crippen LogP contribution in [0.25, 0.3) is 0 Å². The molecule has 0 spiro atoms. The van der Waals surface area contributed by atoms with Gasteiger partial charge >= 0.3 is 5.97 Å². The third-order valence-electron chi connectivity index (χ3n) is 5.86. The number of rotatable bonds is 8. The van der Waals surface area contributed by atoms with Crippen LogP contribution in [-0.4, -0.2) is 44.7 Å². The summed E-state index contributed by atoms with van der Waals surface area (Å²) in [5.41, 5.74) is -1.45. The first-order valence-electron chi connectivity index (χ1n) is 8.97. The van der Waals surface area contributed by atoms with E-state index in [0.717, 1.165) is 0 Å². The number of Topliss-reactive ketones (excluding diaryl/α,β-unsaturated/α-hetero) is 1. The van der Waals surface area contributed by atoms with E-state index >= 15 is 0 Å². The van der Waals surface area contributed by atoms with Crippen molar-refractivity contribution in [2.45, 2.75) is 71.8 Å². The van der Waals surface area contributed by atoms with Crippen molar-refractivity contribution in [3.05, 3.63) is 12.7 Å². The predicted octanol–water partition coefficient (Wildman–Crippen LogP) is 2.84. The lowest BCUT2D eigenvalue weighted by atomic mass is 9.67. The van der Waals surface area contributed by atoms with Crippen molar-refractivity contribution in [3.8, 4) is 0 Å². The molecule has 1 aliphatic heterocycles. The highest BCUT2D eigenvalue weighted by Crippen LogP contribution is 2.42. The van der Waals surface area contributed by atoms with E-state index in [1.165, 1.54) is 19.9 Å². The zero-order valence-electron chi connectivity index (χ0n) is 17.3. The molecule has 0 aromatic heterocycles. The molecule has 1 heterocycles. The Hall–Kier alpha value is -1.47. The van der Waals surface area contributed by atoms with Crippen molar-refractivity contribution in [2.24, 2.45) is 11.3 Å². The summed E-state index contributed by atoms with van der Waals surface area (Å²) in [6.45, 7) is 18.8. The number of carbonyl (C=O) groups is 3. The highest BCUT2D eigenvalue weighted by molar-refractivity contribution is 6.74. The molecule has 1 rings (SSSR count). The van der Waals surface area contributed by atoms with Gasteiger partial charge < -0.3 is 14.5 Å². The first-order valence-corrected chi connectivity index (χ1v) is 11.9. The molecule has 1 aliphatic rings.